The Morgan fingerprint density at radius 3 is 2.42 bits per heavy atom. The second-order valence-electron chi connectivity index (χ2n) is 8.17. The van der Waals surface area contributed by atoms with E-state index in [1.165, 1.54) is 25.7 Å². The third-order valence-electron chi connectivity index (χ3n) is 5.83. The van der Waals surface area contributed by atoms with Gasteiger partial charge in [-0.1, -0.05) is 26.7 Å². The molecule has 0 aromatic carbocycles. The van der Waals surface area contributed by atoms with Gasteiger partial charge in [-0.2, -0.15) is 0 Å². The summed E-state index contributed by atoms with van der Waals surface area (Å²) in [7, 11) is 1.88. The van der Waals surface area contributed by atoms with Crippen molar-refractivity contribution in [3.63, 3.8) is 0 Å². The summed E-state index contributed by atoms with van der Waals surface area (Å²) in [6.07, 6.45) is 9.54. The molecular weight excluding hydrogens is 326 g/mol. The summed E-state index contributed by atoms with van der Waals surface area (Å²) in [6, 6.07) is 0. The minimum Gasteiger partial charge on any atom is -0.378 e. The van der Waals surface area contributed by atoms with Gasteiger partial charge in [-0.3, -0.25) is 4.99 Å². The summed E-state index contributed by atoms with van der Waals surface area (Å²) in [4.78, 5) is 6.86. The average Bonchev–Trinajstić information content (AvgIpc) is 3.17. The molecule has 1 N–H and O–H groups in total. The lowest BCUT2D eigenvalue weighted by molar-refractivity contribution is 0.000889. The highest BCUT2D eigenvalue weighted by molar-refractivity contribution is 5.79. The van der Waals surface area contributed by atoms with Crippen molar-refractivity contribution in [2.24, 2.45) is 16.8 Å². The molecule has 0 radical (unpaired) electrons. The fraction of sp³-hybridized carbons (Fsp3) is 0.952. The topological polar surface area (TPSA) is 46.1 Å². The molecule has 0 spiro atoms. The van der Waals surface area contributed by atoms with Crippen molar-refractivity contribution in [2.45, 2.75) is 77.9 Å². The highest BCUT2D eigenvalue weighted by Crippen LogP contribution is 2.26. The largest absolute Gasteiger partial charge is 0.378 e. The van der Waals surface area contributed by atoms with Crippen molar-refractivity contribution in [2.75, 3.05) is 39.9 Å². The van der Waals surface area contributed by atoms with Gasteiger partial charge in [-0.25, -0.2) is 0 Å². The predicted molar refractivity (Wildman–Crippen MR) is 109 cm³/mol. The van der Waals surface area contributed by atoms with E-state index in [4.69, 9.17) is 9.47 Å². The zero-order valence-electron chi connectivity index (χ0n) is 17.5. The molecule has 0 bridgehead atoms. The number of nitrogens with one attached hydrogen (secondary N) is 1. The fourth-order valence-electron chi connectivity index (χ4n) is 4.17. The Morgan fingerprint density at radius 1 is 1.15 bits per heavy atom. The lowest BCUT2D eigenvalue weighted by Crippen LogP contribution is -2.47. The van der Waals surface area contributed by atoms with E-state index in [1.54, 1.807) is 0 Å². The van der Waals surface area contributed by atoms with E-state index < -0.39 is 0 Å². The number of rotatable bonds is 9. The maximum absolute atomic E-state index is 6.19. The number of guanidine groups is 1. The summed E-state index contributed by atoms with van der Waals surface area (Å²) >= 11 is 0. The molecule has 1 heterocycles. The monoisotopic (exact) mass is 367 g/mol. The van der Waals surface area contributed by atoms with Crippen LogP contribution >= 0.6 is 0 Å². The number of piperidine rings is 1. The number of hydrogen-bond acceptors (Lipinski definition) is 3. The van der Waals surface area contributed by atoms with Crippen LogP contribution in [0.1, 0.15) is 65.7 Å². The first kappa shape index (κ1) is 21.5. The van der Waals surface area contributed by atoms with Crippen LogP contribution in [-0.2, 0) is 9.47 Å². The van der Waals surface area contributed by atoms with Crippen LogP contribution in [-0.4, -0.2) is 63.0 Å². The molecule has 1 aliphatic heterocycles. The summed E-state index contributed by atoms with van der Waals surface area (Å²) in [5.41, 5.74) is 0. The molecule has 1 saturated heterocycles. The number of ether oxygens (including phenoxy) is 2. The first-order valence-corrected chi connectivity index (χ1v) is 10.8. The van der Waals surface area contributed by atoms with Crippen LogP contribution in [0.3, 0.4) is 0 Å². The van der Waals surface area contributed by atoms with E-state index >= 15 is 0 Å². The lowest BCUT2D eigenvalue weighted by atomic mass is 10.0. The molecule has 5 nitrogen and oxygen atoms in total. The molecule has 0 amide bonds. The van der Waals surface area contributed by atoms with E-state index in [0.717, 1.165) is 64.0 Å². The minimum atomic E-state index is 0.320. The molecule has 152 valence electrons. The maximum atomic E-state index is 6.19. The van der Waals surface area contributed by atoms with E-state index in [9.17, 15) is 0 Å². The second kappa shape index (κ2) is 11.8. The van der Waals surface area contributed by atoms with Gasteiger partial charge in [0.05, 0.1) is 12.2 Å². The molecule has 2 aliphatic rings. The van der Waals surface area contributed by atoms with Crippen LogP contribution in [0, 0.1) is 11.8 Å². The van der Waals surface area contributed by atoms with Gasteiger partial charge in [0, 0.05) is 39.9 Å². The van der Waals surface area contributed by atoms with Gasteiger partial charge in [0.25, 0.3) is 0 Å². The van der Waals surface area contributed by atoms with Gasteiger partial charge in [0.15, 0.2) is 5.96 Å². The Bertz CT molecular complexity index is 400. The van der Waals surface area contributed by atoms with E-state index in [1.807, 2.05) is 7.05 Å². The number of aliphatic imine (C=N–C) groups is 1. The third kappa shape index (κ3) is 7.07. The standard InChI is InChI=1S/C21H41N3O2/c1-5-25-20(17(2)3)10-13-23-21(22-4)24-14-11-19(12-15-24)26-16-18-8-6-7-9-18/h17-20H,5-16H2,1-4H3,(H,22,23). The highest BCUT2D eigenvalue weighted by atomic mass is 16.5. The molecule has 0 aromatic heterocycles. The molecule has 1 saturated carbocycles. The lowest BCUT2D eigenvalue weighted by Gasteiger charge is -2.34. The number of likely N-dealkylation sites (tertiary alicyclic amines) is 1. The zero-order chi connectivity index (χ0) is 18.8. The summed E-state index contributed by atoms with van der Waals surface area (Å²) in [5.74, 6) is 2.39. The van der Waals surface area contributed by atoms with E-state index in [0.29, 0.717) is 18.1 Å². The summed E-state index contributed by atoms with van der Waals surface area (Å²) < 4.78 is 12.0. The Morgan fingerprint density at radius 2 is 1.85 bits per heavy atom. The highest BCUT2D eigenvalue weighted by Gasteiger charge is 2.24. The van der Waals surface area contributed by atoms with Gasteiger partial charge in [0.2, 0.25) is 0 Å². The van der Waals surface area contributed by atoms with Crippen molar-refractivity contribution < 1.29 is 9.47 Å². The smallest absolute Gasteiger partial charge is 0.193 e. The van der Waals surface area contributed by atoms with Crippen LogP contribution in [0.25, 0.3) is 0 Å². The average molecular weight is 368 g/mol. The van der Waals surface area contributed by atoms with Crippen LogP contribution in [0.5, 0.6) is 0 Å². The van der Waals surface area contributed by atoms with Gasteiger partial charge < -0.3 is 19.7 Å². The molecule has 1 atom stereocenters. The number of hydrogen-bond donors (Lipinski definition) is 1. The molecule has 0 aromatic rings. The van der Waals surface area contributed by atoms with Crippen LogP contribution in [0.15, 0.2) is 4.99 Å². The summed E-state index contributed by atoms with van der Waals surface area (Å²) in [6.45, 7) is 11.3. The Hall–Kier alpha value is -0.810. The predicted octanol–water partition coefficient (Wildman–Crippen LogP) is 3.68. The number of nitrogens with zero attached hydrogens (tertiary/aromatic N) is 2. The molecule has 1 unspecified atom stereocenters. The Kier molecular flexibility index (Phi) is 9.76. The van der Waals surface area contributed by atoms with Crippen molar-refractivity contribution >= 4 is 5.96 Å². The van der Waals surface area contributed by atoms with Crippen LogP contribution < -0.4 is 5.32 Å². The molecule has 2 rings (SSSR count). The van der Waals surface area contributed by atoms with E-state index in [2.05, 4.69) is 36.0 Å². The minimum absolute atomic E-state index is 0.320. The molecular formula is C21H41N3O2. The molecule has 1 aliphatic carbocycles. The van der Waals surface area contributed by atoms with E-state index in [-0.39, 0.29) is 0 Å². The Labute approximate surface area is 160 Å². The third-order valence-corrected chi connectivity index (χ3v) is 5.83. The fourth-order valence-corrected chi connectivity index (χ4v) is 4.17. The Balaban J connectivity index is 1.65. The quantitative estimate of drug-likeness (QED) is 0.499. The van der Waals surface area contributed by atoms with Gasteiger partial charge >= 0.3 is 0 Å². The normalized spacial score (nSPS) is 21.6. The second-order valence-corrected chi connectivity index (χ2v) is 8.17. The molecule has 26 heavy (non-hydrogen) atoms. The maximum Gasteiger partial charge on any atom is 0.193 e. The van der Waals surface area contributed by atoms with Crippen molar-refractivity contribution in [1.82, 2.24) is 10.2 Å². The molecule has 5 heteroatoms. The van der Waals surface area contributed by atoms with Gasteiger partial charge in [-0.15, -0.1) is 0 Å². The van der Waals surface area contributed by atoms with Crippen LogP contribution in [0.2, 0.25) is 0 Å². The van der Waals surface area contributed by atoms with Crippen LogP contribution in [0.4, 0.5) is 0 Å². The van der Waals surface area contributed by atoms with Crippen molar-refractivity contribution in [3.05, 3.63) is 0 Å². The first-order valence-electron chi connectivity index (χ1n) is 10.8. The van der Waals surface area contributed by atoms with Gasteiger partial charge in [-0.05, 0) is 50.9 Å². The van der Waals surface area contributed by atoms with Crippen molar-refractivity contribution in [3.8, 4) is 0 Å². The van der Waals surface area contributed by atoms with Crippen molar-refractivity contribution in [1.29, 1.82) is 0 Å². The zero-order valence-corrected chi connectivity index (χ0v) is 17.5. The SMILES string of the molecule is CCOC(CCNC(=NC)N1CCC(OCC2CCCC2)CC1)C(C)C. The summed E-state index contributed by atoms with van der Waals surface area (Å²) in [5, 5.41) is 3.53. The first-order chi connectivity index (χ1) is 12.6. The molecule has 2 fully saturated rings. The van der Waals surface area contributed by atoms with Gasteiger partial charge in [0.1, 0.15) is 0 Å².